The predicted molar refractivity (Wildman–Crippen MR) is 240 cm³/mol. The molecule has 316 valence electrons. The van der Waals surface area contributed by atoms with Crippen LogP contribution < -0.4 is 10.6 Å². The number of hydrogen-bond acceptors (Lipinski definition) is 3. The molecule has 1 aromatic carbocycles. The molecular weight excluding hydrogens is 733 g/mol. The first-order valence-corrected chi connectivity index (χ1v) is 25.3. The molecule has 2 aromatic heterocycles. The van der Waals surface area contributed by atoms with Gasteiger partial charge in [0.1, 0.15) is 5.82 Å². The van der Waals surface area contributed by atoms with Crippen LogP contribution in [0.5, 0.6) is 0 Å². The van der Waals surface area contributed by atoms with Gasteiger partial charge in [-0.2, -0.15) is 10.5 Å². The highest BCUT2D eigenvalue weighted by molar-refractivity contribution is 5.60. The zero-order valence-corrected chi connectivity index (χ0v) is 36.5. The highest BCUT2D eigenvalue weighted by Crippen LogP contribution is 2.53. The summed E-state index contributed by atoms with van der Waals surface area (Å²) in [7, 11) is 0. The molecule has 8 aliphatic rings. The Labute approximate surface area is 360 Å². The number of nitrogens with zero attached hydrogens (tertiary/aromatic N) is 4. The molecule has 2 aliphatic heterocycles. The van der Waals surface area contributed by atoms with Gasteiger partial charge in [-0.1, -0.05) is 68.9 Å². The maximum Gasteiger partial charge on any atom is 0.168 e. The van der Waals surface area contributed by atoms with Gasteiger partial charge in [-0.25, -0.2) is 0 Å². The Bertz CT molecular complexity index is 2140. The molecule has 4 heterocycles. The van der Waals surface area contributed by atoms with Crippen LogP contribution in [0.15, 0.2) is 30.3 Å². The molecular formula is C54H71N6+. The number of rotatable bonds is 6. The van der Waals surface area contributed by atoms with Gasteiger partial charge in [0, 0.05) is 42.4 Å². The number of benzene rings is 1. The minimum absolute atomic E-state index is 0.154. The van der Waals surface area contributed by atoms with Crippen molar-refractivity contribution in [3.05, 3.63) is 80.8 Å². The first-order chi connectivity index (χ1) is 29.7. The minimum atomic E-state index is 0.154. The Kier molecular flexibility index (Phi) is 11.0. The van der Waals surface area contributed by atoms with Gasteiger partial charge in [0.15, 0.2) is 12.3 Å². The number of quaternary nitrogens is 1. The van der Waals surface area contributed by atoms with Crippen molar-refractivity contribution in [2.24, 2.45) is 35.5 Å². The Morgan fingerprint density at radius 3 is 2.07 bits per heavy atom. The fraction of sp³-hybridized carbons (Fsp3) is 0.667. The number of fused-ring (bicyclic) bond motifs is 6. The van der Waals surface area contributed by atoms with Crippen LogP contribution in [0, 0.1) is 58.2 Å². The van der Waals surface area contributed by atoms with Gasteiger partial charge in [-0.3, -0.25) is 9.13 Å². The Morgan fingerprint density at radius 2 is 1.28 bits per heavy atom. The summed E-state index contributed by atoms with van der Waals surface area (Å²) in [4.78, 5) is 0. The highest BCUT2D eigenvalue weighted by atomic mass is 15.3. The second kappa shape index (κ2) is 16.9. The van der Waals surface area contributed by atoms with Gasteiger partial charge in [-0.15, -0.1) is 0 Å². The van der Waals surface area contributed by atoms with E-state index in [9.17, 15) is 10.5 Å². The Balaban J connectivity index is 0.994. The molecule has 3 aromatic rings. The van der Waals surface area contributed by atoms with E-state index in [0.717, 1.165) is 57.4 Å². The SMILES string of the molecule is N#CC1CCc2c(c3c(n2C2CC(C4CCCCC4c4ccccc4C4CCCCC4C4CCCC(C#N)C4)CC(n4c5c(c6c4NCCC6)CCCC5)[NH2+]2)C=CCC3)C1. The number of nitrogens with two attached hydrogens (primary N) is 1. The van der Waals surface area contributed by atoms with E-state index in [-0.39, 0.29) is 11.8 Å². The standard InChI is InChI=1S/C54H70N6/c55-33-35-13-11-14-37(29-35)39-15-1-3-17-41(39)43-19-5-6-20-44(43)42-18-4-2-16-40(42)38-31-52(59-49-24-9-8-22-46(49)48-30-36(34-56)26-27-51(48)59)58-53(32-38)60-50-25-10-7-21-45(50)47-23-12-28-57-54(47)60/h5-6,9,19-20,24,35-42,52-53,57-58H,1-4,7-8,10-18,21-23,25-32H2/p+1. The molecule has 6 heteroatoms. The van der Waals surface area contributed by atoms with Gasteiger partial charge < -0.3 is 10.6 Å². The minimum Gasteiger partial charge on any atom is -0.371 e. The van der Waals surface area contributed by atoms with Crippen molar-refractivity contribution in [1.82, 2.24) is 9.13 Å². The molecule has 6 aliphatic carbocycles. The van der Waals surface area contributed by atoms with E-state index in [1.807, 2.05) is 0 Å². The first-order valence-electron chi connectivity index (χ1n) is 25.3. The lowest BCUT2D eigenvalue weighted by Crippen LogP contribution is -2.91. The second-order valence-electron chi connectivity index (χ2n) is 21.1. The fourth-order valence-corrected chi connectivity index (χ4v) is 15.5. The highest BCUT2D eigenvalue weighted by Gasteiger charge is 2.46. The number of piperidine rings is 1. The molecule has 10 atom stereocenters. The van der Waals surface area contributed by atoms with Crippen molar-refractivity contribution < 1.29 is 5.32 Å². The van der Waals surface area contributed by atoms with Gasteiger partial charge in [-0.05, 0) is 184 Å². The van der Waals surface area contributed by atoms with E-state index >= 15 is 0 Å². The van der Waals surface area contributed by atoms with Crippen LogP contribution >= 0.6 is 0 Å². The lowest BCUT2D eigenvalue weighted by molar-refractivity contribution is -0.772. The predicted octanol–water partition coefficient (Wildman–Crippen LogP) is 11.4. The molecule has 6 nitrogen and oxygen atoms in total. The van der Waals surface area contributed by atoms with Crippen molar-refractivity contribution in [2.45, 2.75) is 185 Å². The third-order valence-electron chi connectivity index (χ3n) is 18.0. The van der Waals surface area contributed by atoms with E-state index in [0.29, 0.717) is 41.9 Å². The smallest absolute Gasteiger partial charge is 0.168 e. The van der Waals surface area contributed by atoms with E-state index in [1.54, 1.807) is 44.8 Å². The molecule has 11 rings (SSSR count). The molecule has 1 saturated heterocycles. The number of allylic oxidation sites excluding steroid dienone is 1. The maximum atomic E-state index is 10.1. The monoisotopic (exact) mass is 804 g/mol. The van der Waals surface area contributed by atoms with Crippen LogP contribution in [0.3, 0.4) is 0 Å². The van der Waals surface area contributed by atoms with E-state index in [2.05, 4.69) is 68.3 Å². The quantitative estimate of drug-likeness (QED) is 0.260. The Hall–Kier alpha value is -3.74. The van der Waals surface area contributed by atoms with Crippen LogP contribution in [-0.4, -0.2) is 15.7 Å². The zero-order valence-electron chi connectivity index (χ0n) is 36.5. The van der Waals surface area contributed by atoms with Crippen molar-refractivity contribution >= 4 is 11.9 Å². The summed E-state index contributed by atoms with van der Waals surface area (Å²) in [5.41, 5.74) is 14.6. The van der Waals surface area contributed by atoms with Crippen LogP contribution in [-0.2, 0) is 38.5 Å². The Morgan fingerprint density at radius 1 is 0.583 bits per heavy atom. The van der Waals surface area contributed by atoms with Crippen molar-refractivity contribution in [3.63, 3.8) is 0 Å². The van der Waals surface area contributed by atoms with E-state index < -0.39 is 0 Å². The maximum absolute atomic E-state index is 10.1. The second-order valence-corrected chi connectivity index (χ2v) is 21.1. The van der Waals surface area contributed by atoms with Crippen molar-refractivity contribution in [2.75, 3.05) is 11.9 Å². The molecule has 0 spiro atoms. The lowest BCUT2D eigenvalue weighted by atomic mass is 9.61. The van der Waals surface area contributed by atoms with Crippen LogP contribution in [0.2, 0.25) is 0 Å². The summed E-state index contributed by atoms with van der Waals surface area (Å²) in [6.07, 6.45) is 36.7. The van der Waals surface area contributed by atoms with E-state index in [1.165, 1.54) is 127 Å². The van der Waals surface area contributed by atoms with Crippen molar-refractivity contribution in [1.29, 1.82) is 10.5 Å². The van der Waals surface area contributed by atoms with Crippen LogP contribution in [0.25, 0.3) is 6.08 Å². The topological polar surface area (TPSA) is 86.1 Å². The molecule has 3 N–H and O–H groups in total. The average Bonchev–Trinajstić information content (AvgIpc) is 3.84. The van der Waals surface area contributed by atoms with Gasteiger partial charge in [0.25, 0.3) is 0 Å². The summed E-state index contributed by atoms with van der Waals surface area (Å²) in [6.45, 7) is 1.10. The van der Waals surface area contributed by atoms with Crippen LogP contribution in [0.4, 0.5) is 5.82 Å². The number of anilines is 1. The largest absolute Gasteiger partial charge is 0.371 e. The van der Waals surface area contributed by atoms with Gasteiger partial charge in [0.2, 0.25) is 0 Å². The summed E-state index contributed by atoms with van der Waals surface area (Å²) in [6, 6.07) is 15.3. The first kappa shape index (κ1) is 39.1. The van der Waals surface area contributed by atoms with E-state index in [4.69, 9.17) is 0 Å². The third-order valence-corrected chi connectivity index (χ3v) is 18.0. The molecule has 3 saturated carbocycles. The number of hydrogen-bond donors (Lipinski definition) is 2. The fourth-order valence-electron chi connectivity index (χ4n) is 15.5. The lowest BCUT2D eigenvalue weighted by Gasteiger charge is -2.46. The molecule has 4 fully saturated rings. The summed E-state index contributed by atoms with van der Waals surface area (Å²) >= 11 is 0. The normalized spacial score (nSPS) is 33.9. The van der Waals surface area contributed by atoms with Gasteiger partial charge >= 0.3 is 0 Å². The molecule has 60 heavy (non-hydrogen) atoms. The molecule has 0 radical (unpaired) electrons. The summed E-state index contributed by atoms with van der Waals surface area (Å²) in [5, 5.41) is 27.0. The third kappa shape index (κ3) is 6.91. The molecule has 0 amide bonds. The summed E-state index contributed by atoms with van der Waals surface area (Å²) < 4.78 is 5.78. The number of nitrogens with one attached hydrogen (secondary N) is 1. The number of aromatic nitrogens is 2. The molecule has 0 bridgehead atoms. The summed E-state index contributed by atoms with van der Waals surface area (Å²) in [5.74, 6) is 5.95. The van der Waals surface area contributed by atoms with Crippen molar-refractivity contribution in [3.8, 4) is 12.1 Å². The van der Waals surface area contributed by atoms with Crippen LogP contribution in [0.1, 0.15) is 197 Å². The molecule has 10 unspecified atom stereocenters. The zero-order chi connectivity index (χ0) is 40.2. The number of nitriles is 2. The average molecular weight is 804 g/mol. The van der Waals surface area contributed by atoms with Gasteiger partial charge in [0.05, 0.1) is 18.1 Å².